The minimum absolute atomic E-state index is 0. The average Bonchev–Trinajstić information content (AvgIpc) is 1.77. The molecule has 1 unspecified atom stereocenters. The van der Waals surface area contributed by atoms with E-state index in [2.05, 4.69) is 6.92 Å². The molecule has 0 bridgehead atoms. The molecule has 1 rings (SSSR count). The van der Waals surface area contributed by atoms with Crippen LogP contribution in [0.5, 0.6) is 0 Å². The Morgan fingerprint density at radius 3 is 2.67 bits per heavy atom. The van der Waals surface area contributed by atoms with E-state index in [-0.39, 0.29) is 29.8 Å². The second-order valence-corrected chi connectivity index (χ2v) is 2.16. The van der Waals surface area contributed by atoms with Gasteiger partial charge in [0.05, 0.1) is 0 Å². The van der Waals surface area contributed by atoms with Crippen LogP contribution < -0.4 is 0 Å². The summed E-state index contributed by atoms with van der Waals surface area (Å²) >= 11 is 0. The molecule has 0 amide bonds. The zero-order chi connectivity index (χ0) is 5.98. The van der Waals surface area contributed by atoms with Gasteiger partial charge in [0.25, 0.3) is 0 Å². The van der Waals surface area contributed by atoms with Crippen molar-refractivity contribution >= 4 is 24.0 Å². The van der Waals surface area contributed by atoms with Crippen LogP contribution in [0.4, 0.5) is 4.39 Å². The Labute approximate surface area is 71.9 Å². The van der Waals surface area contributed by atoms with Crippen molar-refractivity contribution in [1.29, 1.82) is 0 Å². The Balaban J connectivity index is 0.000000640. The first-order valence-corrected chi connectivity index (χ1v) is 2.83. The van der Waals surface area contributed by atoms with Crippen LogP contribution in [0.1, 0.15) is 13.3 Å². The summed E-state index contributed by atoms with van der Waals surface area (Å²) in [4.78, 5) is 0. The third kappa shape index (κ3) is 2.98. The predicted octanol–water partition coefficient (Wildman–Crippen LogP) is 3.05. The van der Waals surface area contributed by atoms with Crippen LogP contribution in [0.15, 0.2) is 24.1 Å². The van der Waals surface area contributed by atoms with Gasteiger partial charge in [-0.3, -0.25) is 0 Å². The first-order valence-electron chi connectivity index (χ1n) is 2.83. The van der Waals surface area contributed by atoms with Crippen molar-refractivity contribution in [3.05, 3.63) is 24.1 Å². The smallest absolute Gasteiger partial charge is 0.118 e. The summed E-state index contributed by atoms with van der Waals surface area (Å²) in [6, 6.07) is 0. The Morgan fingerprint density at radius 2 is 2.33 bits per heavy atom. The van der Waals surface area contributed by atoms with E-state index >= 15 is 0 Å². The lowest BCUT2D eigenvalue weighted by Gasteiger charge is -2.04. The van der Waals surface area contributed by atoms with Gasteiger partial charge in [0.2, 0.25) is 0 Å². The molecule has 0 saturated carbocycles. The third-order valence-corrected chi connectivity index (χ3v) is 1.27. The molecule has 9 heavy (non-hydrogen) atoms. The summed E-state index contributed by atoms with van der Waals surface area (Å²) in [5.74, 6) is 0.428. The number of rotatable bonds is 0. The molecule has 0 radical (unpaired) electrons. The zero-order valence-electron chi connectivity index (χ0n) is 5.30. The van der Waals surface area contributed by atoms with Crippen molar-refractivity contribution in [2.45, 2.75) is 13.3 Å². The zero-order valence-corrected chi connectivity index (χ0v) is 7.63. The van der Waals surface area contributed by atoms with Gasteiger partial charge in [-0.05, 0) is 24.5 Å². The summed E-state index contributed by atoms with van der Waals surface area (Å²) in [6.45, 7) is 2.07. The minimum Gasteiger partial charge on any atom is -0.207 e. The Kier molecular flexibility index (Phi) is 4.10. The van der Waals surface area contributed by atoms with Crippen LogP contribution >= 0.6 is 24.0 Å². The second-order valence-electron chi connectivity index (χ2n) is 2.16. The molecule has 0 aromatic carbocycles. The van der Waals surface area contributed by atoms with Gasteiger partial charge in [0.1, 0.15) is 5.83 Å². The SMILES string of the molecule is CC1C=CC(F)=CC1.I. The molecule has 1 atom stereocenters. The summed E-state index contributed by atoms with van der Waals surface area (Å²) in [7, 11) is 0. The molecule has 0 saturated heterocycles. The molecule has 0 N–H and O–H groups in total. The van der Waals surface area contributed by atoms with E-state index in [1.165, 1.54) is 6.08 Å². The Hall–Kier alpha value is 0.140. The van der Waals surface area contributed by atoms with Gasteiger partial charge in [-0.2, -0.15) is 0 Å². The van der Waals surface area contributed by atoms with Crippen molar-refractivity contribution in [3.63, 3.8) is 0 Å². The Bertz CT molecular complexity index is 138. The van der Waals surface area contributed by atoms with Crippen molar-refractivity contribution in [2.75, 3.05) is 0 Å². The summed E-state index contributed by atoms with van der Waals surface area (Å²) in [5, 5.41) is 0. The normalized spacial score (nSPS) is 24.7. The van der Waals surface area contributed by atoms with Gasteiger partial charge in [-0.25, -0.2) is 4.39 Å². The first kappa shape index (κ1) is 9.14. The van der Waals surface area contributed by atoms with Crippen molar-refractivity contribution in [2.24, 2.45) is 5.92 Å². The highest BCUT2D eigenvalue weighted by Gasteiger charge is 2.00. The van der Waals surface area contributed by atoms with Gasteiger partial charge < -0.3 is 0 Å². The number of allylic oxidation sites excluding steroid dienone is 4. The standard InChI is InChI=1S/C7H9F.HI/c1-6-2-4-7(8)5-3-6;/h2,4-6H,3H2,1H3;1H. The number of hydrogen-bond donors (Lipinski definition) is 0. The quantitative estimate of drug-likeness (QED) is 0.571. The largest absolute Gasteiger partial charge is 0.207 e. The fraction of sp³-hybridized carbons (Fsp3) is 0.429. The van der Waals surface area contributed by atoms with Gasteiger partial charge >= 0.3 is 0 Å². The maximum Gasteiger partial charge on any atom is 0.118 e. The first-order chi connectivity index (χ1) is 3.79. The average molecular weight is 240 g/mol. The fourth-order valence-electron chi connectivity index (χ4n) is 0.701. The highest BCUT2D eigenvalue weighted by atomic mass is 127. The van der Waals surface area contributed by atoms with Gasteiger partial charge in [-0.1, -0.05) is 13.0 Å². The van der Waals surface area contributed by atoms with Crippen LogP contribution in [-0.4, -0.2) is 0 Å². The van der Waals surface area contributed by atoms with Crippen LogP contribution in [0, 0.1) is 5.92 Å². The van der Waals surface area contributed by atoms with E-state index in [4.69, 9.17) is 0 Å². The van der Waals surface area contributed by atoms with E-state index in [1.807, 2.05) is 6.08 Å². The van der Waals surface area contributed by atoms with Crippen LogP contribution in [0.3, 0.4) is 0 Å². The lowest BCUT2D eigenvalue weighted by molar-refractivity contribution is 0.624. The topological polar surface area (TPSA) is 0 Å². The predicted molar refractivity (Wildman–Crippen MR) is 47.5 cm³/mol. The molecule has 0 fully saturated rings. The summed E-state index contributed by atoms with van der Waals surface area (Å²) in [5.41, 5.74) is 0. The molecule has 0 heterocycles. The molecular weight excluding hydrogens is 230 g/mol. The minimum atomic E-state index is -0.0944. The monoisotopic (exact) mass is 240 g/mol. The molecule has 0 aliphatic heterocycles. The van der Waals surface area contributed by atoms with Crippen LogP contribution in [0.2, 0.25) is 0 Å². The molecule has 0 spiro atoms. The summed E-state index contributed by atoms with van der Waals surface area (Å²) < 4.78 is 12.1. The molecule has 2 heteroatoms. The van der Waals surface area contributed by atoms with E-state index in [1.54, 1.807) is 6.08 Å². The highest BCUT2D eigenvalue weighted by Crippen LogP contribution is 2.15. The molecule has 1 aliphatic rings. The summed E-state index contributed by atoms with van der Waals surface area (Å²) in [6.07, 6.45) is 5.87. The fourth-order valence-corrected chi connectivity index (χ4v) is 0.701. The lowest BCUT2D eigenvalue weighted by atomic mass is 10.0. The Morgan fingerprint density at radius 1 is 1.67 bits per heavy atom. The van der Waals surface area contributed by atoms with Gasteiger partial charge in [0, 0.05) is 0 Å². The maximum atomic E-state index is 12.1. The molecule has 0 nitrogen and oxygen atoms in total. The van der Waals surface area contributed by atoms with Crippen LogP contribution in [-0.2, 0) is 0 Å². The maximum absolute atomic E-state index is 12.1. The van der Waals surface area contributed by atoms with Gasteiger partial charge in [-0.15, -0.1) is 24.0 Å². The van der Waals surface area contributed by atoms with Crippen molar-refractivity contribution in [1.82, 2.24) is 0 Å². The number of hydrogen-bond acceptors (Lipinski definition) is 0. The molecular formula is C7H10FI. The van der Waals surface area contributed by atoms with E-state index in [0.717, 1.165) is 6.42 Å². The van der Waals surface area contributed by atoms with Crippen molar-refractivity contribution < 1.29 is 4.39 Å². The highest BCUT2D eigenvalue weighted by molar-refractivity contribution is 14.0. The second kappa shape index (κ2) is 4.04. The molecule has 52 valence electrons. The molecule has 0 aromatic heterocycles. The van der Waals surface area contributed by atoms with E-state index in [9.17, 15) is 4.39 Å². The van der Waals surface area contributed by atoms with E-state index < -0.39 is 0 Å². The van der Waals surface area contributed by atoms with Crippen LogP contribution in [0.25, 0.3) is 0 Å². The third-order valence-electron chi connectivity index (χ3n) is 1.27. The number of halogens is 2. The van der Waals surface area contributed by atoms with Gasteiger partial charge in [0.15, 0.2) is 0 Å². The molecule has 0 aromatic rings. The van der Waals surface area contributed by atoms with E-state index in [0.29, 0.717) is 5.92 Å². The molecule has 1 aliphatic carbocycles. The van der Waals surface area contributed by atoms with Crippen molar-refractivity contribution in [3.8, 4) is 0 Å². The lowest BCUT2D eigenvalue weighted by Crippen LogP contribution is -1.90.